The first kappa shape index (κ1) is 21.9. The fourth-order valence-electron chi connectivity index (χ4n) is 5.33. The van der Waals surface area contributed by atoms with Gasteiger partial charge in [-0.2, -0.15) is 0 Å². The standard InChI is InChI=1S/C25H30N4O5/c1-5-31-28-21-17-10-11-29(22(17)27-13-26-21)23-19-18(33-24(2,3)34-19)20(32-23)25(4,30)16-9-8-14-6-7-15(14)12-16/h8-13,18-20,23,30H,5-7H2,1-4H3,(H,26,27,28)/t18-,19+,20-,23+,25?/m0/s1. The number of rotatable bonds is 6. The molecule has 4 heterocycles. The fourth-order valence-corrected chi connectivity index (χ4v) is 5.33. The summed E-state index contributed by atoms with van der Waals surface area (Å²) in [6.07, 6.45) is 3.46. The van der Waals surface area contributed by atoms with E-state index < -0.39 is 35.9 Å². The highest BCUT2D eigenvalue weighted by atomic mass is 16.8. The Bertz CT molecular complexity index is 1240. The monoisotopic (exact) mass is 466 g/mol. The molecule has 1 unspecified atom stereocenters. The van der Waals surface area contributed by atoms with Crippen LogP contribution in [0.4, 0.5) is 5.82 Å². The number of aromatic nitrogens is 3. The first-order chi connectivity index (χ1) is 16.3. The van der Waals surface area contributed by atoms with Gasteiger partial charge in [-0.05, 0) is 63.3 Å². The maximum Gasteiger partial charge on any atom is 0.164 e. The van der Waals surface area contributed by atoms with Gasteiger partial charge in [0.15, 0.2) is 17.8 Å². The van der Waals surface area contributed by atoms with Crippen molar-refractivity contribution < 1.29 is 24.2 Å². The van der Waals surface area contributed by atoms with Crippen molar-refractivity contribution in [3.05, 3.63) is 53.5 Å². The molecule has 2 saturated heterocycles. The van der Waals surface area contributed by atoms with Crippen LogP contribution in [0.5, 0.6) is 0 Å². The van der Waals surface area contributed by atoms with E-state index in [0.717, 1.165) is 23.8 Å². The minimum absolute atomic E-state index is 0.424. The van der Waals surface area contributed by atoms with E-state index in [1.54, 1.807) is 6.92 Å². The molecule has 9 heteroatoms. The predicted octanol–water partition coefficient (Wildman–Crippen LogP) is 3.22. The van der Waals surface area contributed by atoms with Crippen LogP contribution in [-0.2, 0) is 37.5 Å². The normalized spacial score (nSPS) is 28.9. The second-order valence-electron chi connectivity index (χ2n) is 9.86. The molecular weight excluding hydrogens is 436 g/mol. The Morgan fingerprint density at radius 1 is 1.18 bits per heavy atom. The van der Waals surface area contributed by atoms with Gasteiger partial charge in [0.1, 0.15) is 35.9 Å². The molecule has 2 N–H and O–H groups in total. The van der Waals surface area contributed by atoms with Gasteiger partial charge in [0.05, 0.1) is 12.0 Å². The molecule has 3 aromatic rings. The third-order valence-corrected chi connectivity index (χ3v) is 7.13. The molecule has 0 bridgehead atoms. The van der Waals surface area contributed by atoms with Gasteiger partial charge in [-0.3, -0.25) is 4.84 Å². The molecule has 0 saturated carbocycles. The van der Waals surface area contributed by atoms with Crippen molar-refractivity contribution in [1.82, 2.24) is 14.5 Å². The Hall–Kier alpha value is -2.56. The second kappa shape index (κ2) is 7.73. The lowest BCUT2D eigenvalue weighted by Crippen LogP contribution is -2.45. The molecular formula is C25H30N4O5. The lowest BCUT2D eigenvalue weighted by atomic mass is 9.81. The van der Waals surface area contributed by atoms with E-state index in [9.17, 15) is 5.11 Å². The Kier molecular flexibility index (Phi) is 4.98. The average molecular weight is 467 g/mol. The summed E-state index contributed by atoms with van der Waals surface area (Å²) in [7, 11) is 0. The number of aliphatic hydroxyl groups is 1. The van der Waals surface area contributed by atoms with Gasteiger partial charge in [-0.1, -0.05) is 18.2 Å². The Labute approximate surface area is 198 Å². The second-order valence-corrected chi connectivity index (χ2v) is 9.86. The summed E-state index contributed by atoms with van der Waals surface area (Å²) in [5, 5.41) is 12.6. The first-order valence-electron chi connectivity index (χ1n) is 11.8. The van der Waals surface area contributed by atoms with E-state index >= 15 is 0 Å². The summed E-state index contributed by atoms with van der Waals surface area (Å²) in [6, 6.07) is 8.11. The van der Waals surface area contributed by atoms with E-state index in [2.05, 4.69) is 27.6 Å². The van der Waals surface area contributed by atoms with Crippen molar-refractivity contribution in [2.24, 2.45) is 0 Å². The molecule has 0 amide bonds. The molecule has 1 aliphatic carbocycles. The summed E-state index contributed by atoms with van der Waals surface area (Å²) >= 11 is 0. The van der Waals surface area contributed by atoms with Gasteiger partial charge in [0.25, 0.3) is 0 Å². The number of aryl methyl sites for hydroxylation is 2. The number of hydrogen-bond donors (Lipinski definition) is 2. The Morgan fingerprint density at radius 2 is 1.97 bits per heavy atom. The van der Waals surface area contributed by atoms with Crippen molar-refractivity contribution in [2.45, 2.75) is 76.5 Å². The number of benzene rings is 1. The van der Waals surface area contributed by atoms with Gasteiger partial charge in [0, 0.05) is 6.20 Å². The third-order valence-electron chi connectivity index (χ3n) is 7.13. The van der Waals surface area contributed by atoms with Crippen LogP contribution in [0, 0.1) is 0 Å². The number of nitrogens with one attached hydrogen (secondary N) is 1. The zero-order valence-corrected chi connectivity index (χ0v) is 19.8. The molecule has 0 radical (unpaired) electrons. The van der Waals surface area contributed by atoms with Gasteiger partial charge in [-0.25, -0.2) is 15.4 Å². The topological polar surface area (TPSA) is 99.9 Å². The number of anilines is 1. The van der Waals surface area contributed by atoms with Crippen LogP contribution in [0.1, 0.15) is 50.6 Å². The van der Waals surface area contributed by atoms with E-state index in [1.165, 1.54) is 17.5 Å². The Morgan fingerprint density at radius 3 is 2.71 bits per heavy atom. The molecule has 2 aliphatic heterocycles. The van der Waals surface area contributed by atoms with Gasteiger partial charge in [-0.15, -0.1) is 0 Å². The largest absolute Gasteiger partial charge is 0.383 e. The summed E-state index contributed by atoms with van der Waals surface area (Å²) < 4.78 is 21.1. The van der Waals surface area contributed by atoms with E-state index in [-0.39, 0.29) is 0 Å². The van der Waals surface area contributed by atoms with Crippen molar-refractivity contribution in [2.75, 3.05) is 12.1 Å². The molecule has 9 nitrogen and oxygen atoms in total. The van der Waals surface area contributed by atoms with Crippen molar-refractivity contribution in [3.63, 3.8) is 0 Å². The number of fused-ring (bicyclic) bond motifs is 3. The lowest BCUT2D eigenvalue weighted by molar-refractivity contribution is -0.221. The quantitative estimate of drug-likeness (QED) is 0.534. The van der Waals surface area contributed by atoms with E-state index in [0.29, 0.717) is 18.1 Å². The van der Waals surface area contributed by atoms with Gasteiger partial charge < -0.3 is 23.9 Å². The molecule has 2 fully saturated rings. The summed E-state index contributed by atoms with van der Waals surface area (Å²) in [6.45, 7) is 7.97. The number of nitrogens with zero attached hydrogens (tertiary/aromatic N) is 3. The summed E-state index contributed by atoms with van der Waals surface area (Å²) in [5.41, 5.74) is 5.73. The maximum atomic E-state index is 11.8. The maximum absolute atomic E-state index is 11.8. The third kappa shape index (κ3) is 3.34. The van der Waals surface area contributed by atoms with Crippen LogP contribution in [-0.4, -0.2) is 50.3 Å². The van der Waals surface area contributed by atoms with Crippen molar-refractivity contribution in [1.29, 1.82) is 0 Å². The minimum atomic E-state index is -1.27. The lowest BCUT2D eigenvalue weighted by Gasteiger charge is -2.35. The highest BCUT2D eigenvalue weighted by molar-refractivity contribution is 5.87. The average Bonchev–Trinajstić information content (AvgIpc) is 3.43. The SMILES string of the molecule is CCONc1ncnc2c1ccn2[C@@H]1O[C@H](C(C)(O)c2ccc3c(c2)CC3)[C@H]2OC(C)(C)O[C@H]21. The molecule has 0 spiro atoms. The van der Waals surface area contributed by atoms with Crippen LogP contribution in [0.15, 0.2) is 36.8 Å². The number of ether oxygens (including phenoxy) is 3. The van der Waals surface area contributed by atoms with Crippen molar-refractivity contribution >= 4 is 16.9 Å². The zero-order chi connectivity index (χ0) is 23.7. The van der Waals surface area contributed by atoms with Crippen LogP contribution < -0.4 is 5.48 Å². The minimum Gasteiger partial charge on any atom is -0.383 e. The molecule has 6 rings (SSSR count). The molecule has 180 valence electrons. The van der Waals surface area contributed by atoms with E-state index in [4.69, 9.17) is 19.0 Å². The molecule has 3 aliphatic rings. The highest BCUT2D eigenvalue weighted by Crippen LogP contribution is 2.49. The summed E-state index contributed by atoms with van der Waals surface area (Å²) in [4.78, 5) is 14.1. The van der Waals surface area contributed by atoms with Crippen LogP contribution in [0.2, 0.25) is 0 Å². The summed E-state index contributed by atoms with van der Waals surface area (Å²) in [5.74, 6) is -0.221. The van der Waals surface area contributed by atoms with Crippen LogP contribution in [0.3, 0.4) is 0 Å². The molecule has 1 aromatic carbocycles. The van der Waals surface area contributed by atoms with Crippen molar-refractivity contribution in [3.8, 4) is 0 Å². The zero-order valence-electron chi connectivity index (χ0n) is 19.8. The first-order valence-corrected chi connectivity index (χ1v) is 11.8. The fraction of sp³-hybridized carbons (Fsp3) is 0.520. The van der Waals surface area contributed by atoms with Gasteiger partial charge in [0.2, 0.25) is 0 Å². The van der Waals surface area contributed by atoms with E-state index in [1.807, 2.05) is 43.7 Å². The molecule has 2 aromatic heterocycles. The number of hydrogen-bond acceptors (Lipinski definition) is 8. The van der Waals surface area contributed by atoms with Gasteiger partial charge >= 0.3 is 0 Å². The van der Waals surface area contributed by atoms with Crippen LogP contribution in [0.25, 0.3) is 11.0 Å². The molecule has 34 heavy (non-hydrogen) atoms. The van der Waals surface area contributed by atoms with Crippen LogP contribution >= 0.6 is 0 Å². The smallest absolute Gasteiger partial charge is 0.164 e. The highest BCUT2D eigenvalue weighted by Gasteiger charge is 2.60. The molecule has 5 atom stereocenters. The Balaban J connectivity index is 1.38. The predicted molar refractivity (Wildman–Crippen MR) is 124 cm³/mol.